The van der Waals surface area contributed by atoms with Crippen molar-refractivity contribution in [2.24, 2.45) is 0 Å². The Morgan fingerprint density at radius 3 is 1.61 bits per heavy atom. The van der Waals surface area contributed by atoms with Crippen LogP contribution in [0, 0.1) is 0 Å². The van der Waals surface area contributed by atoms with Gasteiger partial charge >= 0.3 is 6.16 Å². The van der Waals surface area contributed by atoms with Crippen LogP contribution in [0.15, 0.2) is 0 Å². The van der Waals surface area contributed by atoms with Crippen LogP contribution in [-0.4, -0.2) is 28.9 Å². The smallest absolute Gasteiger partial charge is 0.405 e. The van der Waals surface area contributed by atoms with E-state index in [0.29, 0.717) is 12.8 Å². The first-order valence-electron chi connectivity index (χ1n) is 6.83. The molecule has 108 valence electrons. The quantitative estimate of drug-likeness (QED) is 0.359. The van der Waals surface area contributed by atoms with E-state index in [1.165, 1.54) is 0 Å². The Hall–Kier alpha value is -0.810. The van der Waals surface area contributed by atoms with Crippen LogP contribution >= 0.6 is 0 Å². The van der Waals surface area contributed by atoms with Crippen LogP contribution in [0.4, 0.5) is 4.79 Å². The van der Waals surface area contributed by atoms with Crippen LogP contribution in [0.25, 0.3) is 0 Å². The molecule has 2 N–H and O–H groups in total. The van der Waals surface area contributed by atoms with Gasteiger partial charge in [0.1, 0.15) is 0 Å². The number of hydrogen-bond donors (Lipinski definition) is 2. The molecule has 2 atom stereocenters. The molecule has 0 amide bonds. The van der Waals surface area contributed by atoms with E-state index in [9.17, 15) is 15.0 Å². The lowest BCUT2D eigenvalue weighted by Gasteiger charge is -2.14. The highest BCUT2D eigenvalue weighted by Crippen LogP contribution is 2.08. The van der Waals surface area contributed by atoms with E-state index in [-0.39, 0.29) is 0 Å². The molecule has 0 aromatic carbocycles. The average Bonchev–Trinajstić information content (AvgIpc) is 2.29. The molecule has 5 nitrogen and oxygen atoms in total. The minimum Gasteiger partial charge on any atom is -0.405 e. The van der Waals surface area contributed by atoms with Crippen molar-refractivity contribution in [2.75, 3.05) is 0 Å². The molecule has 0 saturated heterocycles. The standard InChI is InChI=1S/C13H26O5/c1-3-5-7-9-11(14)17-13(16)18-12(15)10-8-6-4-2/h11-12,14-15H,3-10H2,1-2H3. The zero-order chi connectivity index (χ0) is 13.8. The highest BCUT2D eigenvalue weighted by molar-refractivity contribution is 5.60. The highest BCUT2D eigenvalue weighted by atomic mass is 16.8. The molecule has 0 aromatic rings. The molecule has 0 fully saturated rings. The number of carbonyl (C=O) groups is 1. The molecule has 0 aliphatic carbocycles. The molecular formula is C13H26O5. The fraction of sp³-hybridized carbons (Fsp3) is 0.923. The summed E-state index contributed by atoms with van der Waals surface area (Å²) in [4.78, 5) is 11.2. The number of hydrogen-bond acceptors (Lipinski definition) is 5. The summed E-state index contributed by atoms with van der Waals surface area (Å²) in [6.07, 6.45) is 3.12. The Balaban J connectivity index is 3.61. The maximum atomic E-state index is 11.2. The lowest BCUT2D eigenvalue weighted by Crippen LogP contribution is -2.23. The molecule has 0 saturated carbocycles. The molecule has 0 rings (SSSR count). The van der Waals surface area contributed by atoms with Gasteiger partial charge in [-0.2, -0.15) is 0 Å². The zero-order valence-electron chi connectivity index (χ0n) is 11.4. The molecule has 18 heavy (non-hydrogen) atoms. The van der Waals surface area contributed by atoms with Gasteiger partial charge in [-0.15, -0.1) is 0 Å². The van der Waals surface area contributed by atoms with Gasteiger partial charge in [-0.25, -0.2) is 4.79 Å². The molecule has 0 heterocycles. The SMILES string of the molecule is CCCCCC(O)OC(=O)OC(O)CCCCC. The number of aliphatic hydroxyl groups is 2. The summed E-state index contributed by atoms with van der Waals surface area (Å²) in [6.45, 7) is 4.10. The van der Waals surface area contributed by atoms with Crippen molar-refractivity contribution in [2.45, 2.75) is 77.8 Å². The van der Waals surface area contributed by atoms with Gasteiger partial charge in [-0.3, -0.25) is 0 Å². The summed E-state index contributed by atoms with van der Waals surface area (Å²) >= 11 is 0. The Morgan fingerprint density at radius 1 is 0.889 bits per heavy atom. The largest absolute Gasteiger partial charge is 0.512 e. The molecular weight excluding hydrogens is 236 g/mol. The Bertz CT molecular complexity index is 188. The van der Waals surface area contributed by atoms with E-state index in [1.54, 1.807) is 0 Å². The van der Waals surface area contributed by atoms with Crippen molar-refractivity contribution in [1.82, 2.24) is 0 Å². The average molecular weight is 262 g/mol. The molecule has 5 heteroatoms. The summed E-state index contributed by atoms with van der Waals surface area (Å²) in [5.41, 5.74) is 0. The van der Waals surface area contributed by atoms with Crippen molar-refractivity contribution >= 4 is 6.16 Å². The number of unbranched alkanes of at least 4 members (excludes halogenated alkanes) is 4. The third-order valence-electron chi connectivity index (χ3n) is 2.57. The van der Waals surface area contributed by atoms with Gasteiger partial charge in [0.25, 0.3) is 0 Å². The van der Waals surface area contributed by atoms with Gasteiger partial charge in [0.2, 0.25) is 12.6 Å². The van der Waals surface area contributed by atoms with E-state index in [2.05, 4.69) is 9.47 Å². The topological polar surface area (TPSA) is 76.0 Å². The third-order valence-corrected chi connectivity index (χ3v) is 2.57. The second kappa shape index (κ2) is 11.3. The molecule has 0 aliphatic heterocycles. The number of aliphatic hydroxyl groups excluding tert-OH is 2. The Morgan fingerprint density at radius 2 is 1.28 bits per heavy atom. The molecule has 0 radical (unpaired) electrons. The van der Waals surface area contributed by atoms with Crippen LogP contribution in [0.2, 0.25) is 0 Å². The van der Waals surface area contributed by atoms with Crippen LogP contribution in [-0.2, 0) is 9.47 Å². The zero-order valence-corrected chi connectivity index (χ0v) is 11.4. The number of ether oxygens (including phenoxy) is 2. The van der Waals surface area contributed by atoms with Gasteiger partial charge in [0, 0.05) is 12.8 Å². The Labute approximate surface area is 109 Å². The molecule has 0 spiro atoms. The van der Waals surface area contributed by atoms with E-state index in [1.807, 2.05) is 13.8 Å². The second-order valence-corrected chi connectivity index (χ2v) is 4.39. The van der Waals surface area contributed by atoms with Gasteiger partial charge in [0.05, 0.1) is 0 Å². The van der Waals surface area contributed by atoms with Crippen LogP contribution in [0.3, 0.4) is 0 Å². The summed E-state index contributed by atoms with van der Waals surface area (Å²) < 4.78 is 9.22. The first-order chi connectivity index (χ1) is 8.60. The number of rotatable bonds is 10. The van der Waals surface area contributed by atoms with E-state index < -0.39 is 18.7 Å². The minimum absolute atomic E-state index is 0.398. The normalized spacial score (nSPS) is 14.0. The van der Waals surface area contributed by atoms with Crippen molar-refractivity contribution in [3.8, 4) is 0 Å². The lowest BCUT2D eigenvalue weighted by molar-refractivity contribution is -0.129. The third kappa shape index (κ3) is 10.4. The van der Waals surface area contributed by atoms with Crippen LogP contribution in [0.5, 0.6) is 0 Å². The van der Waals surface area contributed by atoms with Gasteiger partial charge < -0.3 is 19.7 Å². The number of carbonyl (C=O) groups excluding carboxylic acids is 1. The fourth-order valence-corrected chi connectivity index (χ4v) is 1.51. The minimum atomic E-state index is -1.15. The van der Waals surface area contributed by atoms with Crippen molar-refractivity contribution < 1.29 is 24.5 Å². The highest BCUT2D eigenvalue weighted by Gasteiger charge is 2.15. The summed E-state index contributed by atoms with van der Waals surface area (Å²) in [7, 11) is 0. The fourth-order valence-electron chi connectivity index (χ4n) is 1.51. The van der Waals surface area contributed by atoms with Crippen LogP contribution in [0.1, 0.15) is 65.2 Å². The van der Waals surface area contributed by atoms with Crippen molar-refractivity contribution in [1.29, 1.82) is 0 Å². The maximum absolute atomic E-state index is 11.2. The molecule has 0 aliphatic rings. The predicted octanol–water partition coefficient (Wildman–Crippen LogP) is 2.94. The first kappa shape index (κ1) is 17.2. The molecule has 2 unspecified atom stereocenters. The summed E-state index contributed by atoms with van der Waals surface area (Å²) in [5.74, 6) is 0. The van der Waals surface area contributed by atoms with E-state index in [0.717, 1.165) is 38.5 Å². The van der Waals surface area contributed by atoms with Crippen molar-refractivity contribution in [3.63, 3.8) is 0 Å². The summed E-state index contributed by atoms with van der Waals surface area (Å²) in [6, 6.07) is 0. The van der Waals surface area contributed by atoms with E-state index in [4.69, 9.17) is 0 Å². The van der Waals surface area contributed by atoms with Gasteiger partial charge in [-0.1, -0.05) is 39.5 Å². The van der Waals surface area contributed by atoms with Crippen molar-refractivity contribution in [3.05, 3.63) is 0 Å². The predicted molar refractivity (Wildman–Crippen MR) is 67.9 cm³/mol. The Kier molecular flexibility index (Phi) is 10.8. The van der Waals surface area contributed by atoms with Crippen LogP contribution < -0.4 is 0 Å². The van der Waals surface area contributed by atoms with Gasteiger partial charge in [-0.05, 0) is 12.8 Å². The monoisotopic (exact) mass is 262 g/mol. The lowest BCUT2D eigenvalue weighted by atomic mass is 10.2. The first-order valence-corrected chi connectivity index (χ1v) is 6.83. The maximum Gasteiger partial charge on any atom is 0.512 e. The van der Waals surface area contributed by atoms with E-state index >= 15 is 0 Å². The molecule has 0 aromatic heterocycles. The van der Waals surface area contributed by atoms with Gasteiger partial charge in [0.15, 0.2) is 0 Å². The second-order valence-electron chi connectivity index (χ2n) is 4.39. The summed E-state index contributed by atoms with van der Waals surface area (Å²) in [5, 5.41) is 18.7. The molecule has 0 bridgehead atoms.